The topological polar surface area (TPSA) is 58.4 Å². The molecule has 0 radical (unpaired) electrons. The molecule has 1 aromatic carbocycles. The predicted molar refractivity (Wildman–Crippen MR) is 84.0 cm³/mol. The lowest BCUT2D eigenvalue weighted by molar-refractivity contribution is -0.117. The van der Waals surface area contributed by atoms with Crippen LogP contribution in [-0.4, -0.2) is 25.0 Å². The number of hydrogen-bond acceptors (Lipinski definition) is 3. The van der Waals surface area contributed by atoms with E-state index in [9.17, 15) is 4.79 Å². The van der Waals surface area contributed by atoms with Crippen molar-refractivity contribution in [1.29, 1.82) is 0 Å². The summed E-state index contributed by atoms with van der Waals surface area (Å²) >= 11 is 0. The Hall–Kier alpha value is -1.55. The normalized spacial score (nSPS) is 17.4. The Morgan fingerprint density at radius 2 is 1.80 bits per heavy atom. The van der Waals surface area contributed by atoms with Crippen molar-refractivity contribution in [3.8, 4) is 0 Å². The quantitative estimate of drug-likeness (QED) is 0.888. The molecular formula is C16H25N3O. The van der Waals surface area contributed by atoms with Crippen molar-refractivity contribution < 1.29 is 4.79 Å². The predicted octanol–water partition coefficient (Wildman–Crippen LogP) is 2.74. The molecule has 1 aliphatic heterocycles. The molecule has 4 nitrogen and oxygen atoms in total. The maximum atomic E-state index is 11.7. The van der Waals surface area contributed by atoms with Gasteiger partial charge in [0.15, 0.2) is 0 Å². The molecule has 2 rings (SSSR count). The molecule has 110 valence electrons. The molecule has 20 heavy (non-hydrogen) atoms. The minimum absolute atomic E-state index is 0.116. The lowest BCUT2D eigenvalue weighted by atomic mass is 10.2. The summed E-state index contributed by atoms with van der Waals surface area (Å²) in [4.78, 5) is 14.2. The molecule has 0 unspecified atom stereocenters. The Morgan fingerprint density at radius 3 is 2.35 bits per heavy atom. The number of rotatable bonds is 4. The van der Waals surface area contributed by atoms with Crippen LogP contribution in [0.15, 0.2) is 24.3 Å². The molecule has 1 atom stereocenters. The van der Waals surface area contributed by atoms with Crippen LogP contribution in [0.5, 0.6) is 0 Å². The van der Waals surface area contributed by atoms with Crippen LogP contribution in [-0.2, 0) is 4.79 Å². The van der Waals surface area contributed by atoms with E-state index in [1.165, 1.54) is 31.4 Å². The zero-order valence-electron chi connectivity index (χ0n) is 12.3. The summed E-state index contributed by atoms with van der Waals surface area (Å²) in [5, 5.41) is 2.85. The smallest absolute Gasteiger partial charge is 0.241 e. The first kappa shape index (κ1) is 14.9. The van der Waals surface area contributed by atoms with Crippen molar-refractivity contribution in [2.45, 2.75) is 45.1 Å². The molecule has 4 heteroatoms. The van der Waals surface area contributed by atoms with Gasteiger partial charge in [-0.1, -0.05) is 19.8 Å². The number of anilines is 2. The van der Waals surface area contributed by atoms with Crippen molar-refractivity contribution >= 4 is 17.3 Å². The van der Waals surface area contributed by atoms with Crippen molar-refractivity contribution in [2.24, 2.45) is 5.73 Å². The monoisotopic (exact) mass is 275 g/mol. The number of amides is 1. The van der Waals surface area contributed by atoms with Gasteiger partial charge in [0.25, 0.3) is 0 Å². The summed E-state index contributed by atoms with van der Waals surface area (Å²) in [6, 6.07) is 7.65. The van der Waals surface area contributed by atoms with E-state index >= 15 is 0 Å². The molecule has 1 amide bonds. The average molecular weight is 275 g/mol. The zero-order chi connectivity index (χ0) is 14.4. The molecule has 0 aromatic heterocycles. The van der Waals surface area contributed by atoms with Crippen molar-refractivity contribution in [1.82, 2.24) is 0 Å². The summed E-state index contributed by atoms with van der Waals surface area (Å²) in [6.45, 7) is 4.17. The molecule has 1 saturated heterocycles. The molecule has 1 aliphatic rings. The number of carbonyl (C=O) groups excluding carboxylic acids is 1. The highest BCUT2D eigenvalue weighted by Crippen LogP contribution is 2.21. The summed E-state index contributed by atoms with van der Waals surface area (Å²) in [5.41, 5.74) is 7.77. The molecule has 3 N–H and O–H groups in total. The van der Waals surface area contributed by atoms with Gasteiger partial charge in [0.1, 0.15) is 0 Å². The first-order valence-corrected chi connectivity index (χ1v) is 7.62. The molecule has 1 heterocycles. The molecule has 0 bridgehead atoms. The van der Waals surface area contributed by atoms with E-state index in [0.29, 0.717) is 6.42 Å². The highest BCUT2D eigenvalue weighted by molar-refractivity contribution is 5.94. The van der Waals surface area contributed by atoms with E-state index in [1.54, 1.807) is 0 Å². The average Bonchev–Trinajstić information content (AvgIpc) is 2.76. The van der Waals surface area contributed by atoms with Crippen LogP contribution in [0.3, 0.4) is 0 Å². The van der Waals surface area contributed by atoms with Crippen LogP contribution in [0, 0.1) is 0 Å². The number of carbonyl (C=O) groups is 1. The minimum Gasteiger partial charge on any atom is -0.372 e. The number of benzene rings is 1. The lowest BCUT2D eigenvalue weighted by Gasteiger charge is -2.23. The maximum Gasteiger partial charge on any atom is 0.241 e. The summed E-state index contributed by atoms with van der Waals surface area (Å²) in [6.07, 6.45) is 5.85. The number of nitrogens with two attached hydrogens (primary N) is 1. The Bertz CT molecular complexity index is 422. The van der Waals surface area contributed by atoms with Gasteiger partial charge in [-0.15, -0.1) is 0 Å². The molecular weight excluding hydrogens is 250 g/mol. The van der Waals surface area contributed by atoms with Gasteiger partial charge < -0.3 is 16.0 Å². The highest BCUT2D eigenvalue weighted by Gasteiger charge is 2.12. The molecule has 0 aliphatic carbocycles. The van der Waals surface area contributed by atoms with Gasteiger partial charge in [0.2, 0.25) is 5.91 Å². The second kappa shape index (κ2) is 7.29. The van der Waals surface area contributed by atoms with Crippen LogP contribution in [0.4, 0.5) is 11.4 Å². The van der Waals surface area contributed by atoms with Crippen molar-refractivity contribution in [2.75, 3.05) is 23.3 Å². The van der Waals surface area contributed by atoms with Gasteiger partial charge in [-0.25, -0.2) is 0 Å². The van der Waals surface area contributed by atoms with E-state index < -0.39 is 6.04 Å². The molecule has 1 aromatic rings. The first-order chi connectivity index (χ1) is 9.70. The third-order valence-corrected chi connectivity index (χ3v) is 3.88. The first-order valence-electron chi connectivity index (χ1n) is 7.62. The van der Waals surface area contributed by atoms with Crippen LogP contribution < -0.4 is 16.0 Å². The third-order valence-electron chi connectivity index (χ3n) is 3.88. The van der Waals surface area contributed by atoms with Crippen molar-refractivity contribution in [3.05, 3.63) is 24.3 Å². The largest absolute Gasteiger partial charge is 0.372 e. The minimum atomic E-state index is -0.430. The molecule has 1 fully saturated rings. The van der Waals surface area contributed by atoms with Crippen LogP contribution >= 0.6 is 0 Å². The number of nitrogens with zero attached hydrogens (tertiary/aromatic N) is 1. The van der Waals surface area contributed by atoms with E-state index in [4.69, 9.17) is 5.73 Å². The van der Waals surface area contributed by atoms with Crippen LogP contribution in [0.1, 0.15) is 39.0 Å². The summed E-state index contributed by atoms with van der Waals surface area (Å²) < 4.78 is 0. The highest BCUT2D eigenvalue weighted by atomic mass is 16.2. The molecule has 0 saturated carbocycles. The van der Waals surface area contributed by atoms with Gasteiger partial charge in [-0.2, -0.15) is 0 Å². The fraction of sp³-hybridized carbons (Fsp3) is 0.562. The van der Waals surface area contributed by atoms with E-state index in [0.717, 1.165) is 18.8 Å². The lowest BCUT2D eigenvalue weighted by Crippen LogP contribution is -2.34. The Balaban J connectivity index is 1.97. The number of nitrogens with one attached hydrogen (secondary N) is 1. The third kappa shape index (κ3) is 3.97. The maximum absolute atomic E-state index is 11.7. The van der Waals surface area contributed by atoms with Gasteiger partial charge in [-0.05, 0) is 43.5 Å². The van der Waals surface area contributed by atoms with E-state index in [-0.39, 0.29) is 5.91 Å². The fourth-order valence-electron chi connectivity index (χ4n) is 2.50. The van der Waals surface area contributed by atoms with Gasteiger partial charge >= 0.3 is 0 Å². The Labute approximate surface area is 121 Å². The fourth-order valence-corrected chi connectivity index (χ4v) is 2.50. The molecule has 0 spiro atoms. The zero-order valence-corrected chi connectivity index (χ0v) is 12.3. The number of hydrogen-bond donors (Lipinski definition) is 2. The van der Waals surface area contributed by atoms with E-state index in [1.807, 2.05) is 19.1 Å². The van der Waals surface area contributed by atoms with Gasteiger partial charge in [-0.3, -0.25) is 4.79 Å². The van der Waals surface area contributed by atoms with Crippen LogP contribution in [0.25, 0.3) is 0 Å². The second-order valence-electron chi connectivity index (χ2n) is 5.45. The van der Waals surface area contributed by atoms with Gasteiger partial charge in [0.05, 0.1) is 6.04 Å². The summed E-state index contributed by atoms with van der Waals surface area (Å²) in [5.74, 6) is -0.116. The second-order valence-corrected chi connectivity index (χ2v) is 5.45. The Kier molecular flexibility index (Phi) is 5.41. The standard InChI is InChI=1S/C16H25N3O/c1-2-15(17)16(20)18-13-7-9-14(10-8-13)19-11-5-3-4-6-12-19/h7-10,15H,2-6,11-12,17H2,1H3,(H,18,20)/t15-/m0/s1. The SMILES string of the molecule is CC[C@H](N)C(=O)Nc1ccc(N2CCCCCC2)cc1. The van der Waals surface area contributed by atoms with E-state index in [2.05, 4.69) is 22.3 Å². The Morgan fingerprint density at radius 1 is 1.20 bits per heavy atom. The van der Waals surface area contributed by atoms with Crippen LogP contribution in [0.2, 0.25) is 0 Å². The van der Waals surface area contributed by atoms with Gasteiger partial charge in [0, 0.05) is 24.5 Å². The summed E-state index contributed by atoms with van der Waals surface area (Å²) in [7, 11) is 0. The van der Waals surface area contributed by atoms with Crippen molar-refractivity contribution in [3.63, 3.8) is 0 Å².